The predicted molar refractivity (Wildman–Crippen MR) is 49.9 cm³/mol. The van der Waals surface area contributed by atoms with Crippen LogP contribution in [0.2, 0.25) is 0 Å². The fourth-order valence-electron chi connectivity index (χ4n) is 0.848. The van der Waals surface area contributed by atoms with Gasteiger partial charge in [-0.05, 0) is 33.6 Å². The molecule has 1 rings (SSSR count). The predicted octanol–water partition coefficient (Wildman–Crippen LogP) is 2.45. The number of pyridine rings is 1. The maximum absolute atomic E-state index is 12.2. The molecule has 0 unspecified atom stereocenters. The van der Waals surface area contributed by atoms with Crippen molar-refractivity contribution >= 4 is 32.8 Å². The van der Waals surface area contributed by atoms with Crippen LogP contribution in [-0.2, 0) is 0 Å². The van der Waals surface area contributed by atoms with Gasteiger partial charge in [-0.25, -0.2) is 8.78 Å². The van der Waals surface area contributed by atoms with Crippen molar-refractivity contribution in [1.82, 2.24) is 4.98 Å². The molecule has 0 atom stereocenters. The van der Waals surface area contributed by atoms with Crippen LogP contribution in [0.3, 0.4) is 0 Å². The number of carbonyl (C=O) groups excluding carboxylic acids is 1. The Bertz CT molecular complexity index is 432. The SMILES string of the molecule is O=C(Cl)c1c(Br)cc(C(F)F)[nH]c1=O. The molecule has 1 N–H and O–H groups in total. The van der Waals surface area contributed by atoms with Crippen LogP contribution >= 0.6 is 27.5 Å². The van der Waals surface area contributed by atoms with E-state index in [4.69, 9.17) is 11.6 Å². The van der Waals surface area contributed by atoms with Crippen molar-refractivity contribution in [2.45, 2.75) is 6.43 Å². The normalized spacial score (nSPS) is 10.6. The molecule has 0 aliphatic carbocycles. The van der Waals surface area contributed by atoms with Crippen molar-refractivity contribution in [3.8, 4) is 0 Å². The summed E-state index contributed by atoms with van der Waals surface area (Å²) >= 11 is 7.88. The van der Waals surface area contributed by atoms with E-state index in [1.54, 1.807) is 0 Å². The molecule has 1 heterocycles. The molecule has 0 fully saturated rings. The first-order valence-electron chi connectivity index (χ1n) is 3.34. The van der Waals surface area contributed by atoms with Crippen LogP contribution in [0, 0.1) is 0 Å². The monoisotopic (exact) mass is 285 g/mol. The van der Waals surface area contributed by atoms with Gasteiger partial charge in [0, 0.05) is 4.47 Å². The van der Waals surface area contributed by atoms with Gasteiger partial charge in [0.05, 0.1) is 5.69 Å². The zero-order valence-electron chi connectivity index (χ0n) is 6.48. The van der Waals surface area contributed by atoms with Crippen LogP contribution in [0.15, 0.2) is 15.3 Å². The summed E-state index contributed by atoms with van der Waals surface area (Å²) in [6.07, 6.45) is -2.81. The number of halogens is 4. The van der Waals surface area contributed by atoms with Crippen LogP contribution in [0.25, 0.3) is 0 Å². The van der Waals surface area contributed by atoms with Gasteiger partial charge in [-0.15, -0.1) is 0 Å². The largest absolute Gasteiger partial charge is 0.320 e. The minimum absolute atomic E-state index is 0.0449. The molecule has 76 valence electrons. The summed E-state index contributed by atoms with van der Waals surface area (Å²) in [6, 6.07) is 0.946. The Morgan fingerprint density at radius 2 is 2.14 bits per heavy atom. The summed E-state index contributed by atoms with van der Waals surface area (Å²) in [4.78, 5) is 23.6. The third kappa shape index (κ3) is 2.19. The first-order chi connectivity index (χ1) is 6.43. The maximum Gasteiger partial charge on any atom is 0.278 e. The van der Waals surface area contributed by atoms with Gasteiger partial charge in [0.25, 0.3) is 17.2 Å². The number of aromatic amines is 1. The molecule has 0 amide bonds. The van der Waals surface area contributed by atoms with Gasteiger partial charge in [-0.1, -0.05) is 0 Å². The molecule has 14 heavy (non-hydrogen) atoms. The lowest BCUT2D eigenvalue weighted by atomic mass is 10.2. The number of aromatic nitrogens is 1. The second kappa shape index (κ2) is 4.18. The third-order valence-electron chi connectivity index (χ3n) is 1.44. The summed E-state index contributed by atoms with van der Waals surface area (Å²) in [5, 5.41) is -1.00. The molecule has 0 saturated heterocycles. The molecule has 7 heteroatoms. The van der Waals surface area contributed by atoms with E-state index < -0.39 is 22.9 Å². The van der Waals surface area contributed by atoms with E-state index in [0.29, 0.717) is 0 Å². The molecule has 0 aliphatic heterocycles. The first kappa shape index (κ1) is 11.3. The van der Waals surface area contributed by atoms with E-state index in [1.807, 2.05) is 4.98 Å². The zero-order valence-corrected chi connectivity index (χ0v) is 8.82. The molecular weight excluding hydrogens is 283 g/mol. The molecule has 3 nitrogen and oxygen atoms in total. The number of H-pyrrole nitrogens is 1. The Morgan fingerprint density at radius 3 is 2.50 bits per heavy atom. The van der Waals surface area contributed by atoms with Crippen molar-refractivity contribution in [3.05, 3.63) is 32.2 Å². The Labute approximate surface area is 90.2 Å². The van der Waals surface area contributed by atoms with Crippen molar-refractivity contribution < 1.29 is 13.6 Å². The lowest BCUT2D eigenvalue weighted by molar-refractivity contribution is 0.107. The quantitative estimate of drug-likeness (QED) is 0.849. The highest BCUT2D eigenvalue weighted by molar-refractivity contribution is 9.10. The van der Waals surface area contributed by atoms with Gasteiger partial charge in [-0.2, -0.15) is 0 Å². The number of alkyl halides is 2. The fourth-order valence-corrected chi connectivity index (χ4v) is 1.76. The second-order valence-electron chi connectivity index (χ2n) is 2.35. The standard InChI is InChI=1S/C7H3BrClF2NO2/c8-2-1-3(6(10)11)12-7(14)4(2)5(9)13/h1,6H,(H,12,14). The lowest BCUT2D eigenvalue weighted by Gasteiger charge is -2.02. The third-order valence-corrected chi connectivity index (χ3v) is 2.25. The van der Waals surface area contributed by atoms with Crippen LogP contribution in [0.5, 0.6) is 0 Å². The first-order valence-corrected chi connectivity index (χ1v) is 4.51. The smallest absolute Gasteiger partial charge is 0.278 e. The summed E-state index contributed by atoms with van der Waals surface area (Å²) in [5.74, 6) is 0. The zero-order chi connectivity index (χ0) is 10.9. The van der Waals surface area contributed by atoms with E-state index in [9.17, 15) is 18.4 Å². The van der Waals surface area contributed by atoms with E-state index in [1.165, 1.54) is 0 Å². The summed E-state index contributed by atoms with van der Waals surface area (Å²) in [7, 11) is 0. The van der Waals surface area contributed by atoms with Gasteiger partial charge in [0.15, 0.2) is 0 Å². The van der Waals surface area contributed by atoms with E-state index in [2.05, 4.69) is 15.9 Å². The average Bonchev–Trinajstić information content (AvgIpc) is 2.01. The van der Waals surface area contributed by atoms with Gasteiger partial charge in [-0.3, -0.25) is 9.59 Å². The Hall–Kier alpha value is -0.750. The fraction of sp³-hybridized carbons (Fsp3) is 0.143. The van der Waals surface area contributed by atoms with Crippen molar-refractivity contribution in [2.24, 2.45) is 0 Å². The van der Waals surface area contributed by atoms with Gasteiger partial charge in [0.2, 0.25) is 0 Å². The molecule has 0 aliphatic rings. The van der Waals surface area contributed by atoms with E-state index >= 15 is 0 Å². The number of hydrogen-bond donors (Lipinski definition) is 1. The number of hydrogen-bond acceptors (Lipinski definition) is 2. The molecule has 1 aromatic rings. The highest BCUT2D eigenvalue weighted by Gasteiger charge is 2.17. The van der Waals surface area contributed by atoms with Crippen LogP contribution in [0.4, 0.5) is 8.78 Å². The second-order valence-corrected chi connectivity index (χ2v) is 3.55. The molecule has 0 radical (unpaired) electrons. The Kier molecular flexibility index (Phi) is 3.38. The van der Waals surface area contributed by atoms with Gasteiger partial charge < -0.3 is 4.98 Å². The molecular formula is C7H3BrClF2NO2. The van der Waals surface area contributed by atoms with Crippen LogP contribution < -0.4 is 5.56 Å². The average molecular weight is 286 g/mol. The summed E-state index contributed by atoms with van der Waals surface area (Å²) < 4.78 is 24.3. The van der Waals surface area contributed by atoms with Crippen LogP contribution in [0.1, 0.15) is 22.5 Å². The van der Waals surface area contributed by atoms with E-state index in [0.717, 1.165) is 6.07 Å². The minimum atomic E-state index is -2.81. The molecule has 0 saturated carbocycles. The molecule has 1 aromatic heterocycles. The highest BCUT2D eigenvalue weighted by atomic mass is 79.9. The Balaban J connectivity index is 3.40. The number of nitrogens with one attached hydrogen (secondary N) is 1. The van der Waals surface area contributed by atoms with Crippen molar-refractivity contribution in [3.63, 3.8) is 0 Å². The summed E-state index contributed by atoms with van der Waals surface area (Å²) in [6.45, 7) is 0. The molecule has 0 bridgehead atoms. The van der Waals surface area contributed by atoms with Crippen LogP contribution in [-0.4, -0.2) is 10.2 Å². The van der Waals surface area contributed by atoms with Crippen molar-refractivity contribution in [2.75, 3.05) is 0 Å². The number of carbonyl (C=O) groups is 1. The number of rotatable bonds is 2. The molecule has 0 aromatic carbocycles. The minimum Gasteiger partial charge on any atom is -0.320 e. The van der Waals surface area contributed by atoms with E-state index in [-0.39, 0.29) is 10.0 Å². The molecule has 0 spiro atoms. The lowest BCUT2D eigenvalue weighted by Crippen LogP contribution is -2.17. The van der Waals surface area contributed by atoms with Gasteiger partial charge in [0.1, 0.15) is 5.56 Å². The maximum atomic E-state index is 12.2. The van der Waals surface area contributed by atoms with Crippen molar-refractivity contribution in [1.29, 1.82) is 0 Å². The highest BCUT2D eigenvalue weighted by Crippen LogP contribution is 2.21. The topological polar surface area (TPSA) is 49.9 Å². The summed E-state index contributed by atoms with van der Waals surface area (Å²) in [5.41, 5.74) is -1.88. The Morgan fingerprint density at radius 1 is 1.57 bits per heavy atom. The van der Waals surface area contributed by atoms with Gasteiger partial charge >= 0.3 is 0 Å².